The van der Waals surface area contributed by atoms with Gasteiger partial charge in [-0.3, -0.25) is 14.6 Å². The molecule has 2 heterocycles. The first-order valence-electron chi connectivity index (χ1n) is 13.6. The lowest BCUT2D eigenvalue weighted by Gasteiger charge is -2.40. The number of carbonyl (C=O) groups excluding carboxylic acids is 1. The van der Waals surface area contributed by atoms with Gasteiger partial charge < -0.3 is 15.1 Å². The van der Waals surface area contributed by atoms with Crippen LogP contribution >= 0.6 is 23.2 Å². The van der Waals surface area contributed by atoms with Crippen LogP contribution in [0.1, 0.15) is 40.4 Å². The summed E-state index contributed by atoms with van der Waals surface area (Å²) >= 11 is 12.1. The molecule has 6 nitrogen and oxygen atoms in total. The van der Waals surface area contributed by atoms with Gasteiger partial charge in [0, 0.05) is 47.5 Å². The van der Waals surface area contributed by atoms with Crippen LogP contribution < -0.4 is 4.90 Å². The van der Waals surface area contributed by atoms with Crippen molar-refractivity contribution in [2.75, 3.05) is 38.1 Å². The maximum atomic E-state index is 14.6. The molecule has 0 spiro atoms. The van der Waals surface area contributed by atoms with Crippen LogP contribution in [-0.4, -0.2) is 77.2 Å². The van der Waals surface area contributed by atoms with E-state index in [9.17, 15) is 19.4 Å². The predicted molar refractivity (Wildman–Crippen MR) is 157 cm³/mol. The van der Waals surface area contributed by atoms with E-state index in [1.165, 1.54) is 17.7 Å². The summed E-state index contributed by atoms with van der Waals surface area (Å²) in [5, 5.41) is 22.7. The smallest absolute Gasteiger partial charge is 0.195 e. The topological polar surface area (TPSA) is 67.2 Å². The average Bonchev–Trinajstić information content (AvgIpc) is 3.36. The molecule has 1 unspecified atom stereocenters. The first-order valence-corrected chi connectivity index (χ1v) is 14.3. The fourth-order valence-corrected chi connectivity index (χ4v) is 6.21. The molecule has 5 rings (SSSR count). The summed E-state index contributed by atoms with van der Waals surface area (Å²) in [4.78, 5) is 19.5. The molecule has 2 aliphatic rings. The summed E-state index contributed by atoms with van der Waals surface area (Å²) < 4.78 is 14.6. The molecule has 0 amide bonds. The summed E-state index contributed by atoms with van der Waals surface area (Å²) in [7, 11) is 2.04. The molecule has 0 radical (unpaired) electrons. The Morgan fingerprint density at radius 1 is 1.05 bits per heavy atom. The Hall–Kier alpha value is -2.52. The monoisotopic (exact) mass is 585 g/mol. The molecule has 40 heavy (non-hydrogen) atoms. The van der Waals surface area contributed by atoms with E-state index in [-0.39, 0.29) is 23.2 Å². The third kappa shape index (κ3) is 6.35. The van der Waals surface area contributed by atoms with E-state index < -0.39 is 23.8 Å². The summed E-state index contributed by atoms with van der Waals surface area (Å²) in [6.45, 7) is 3.46. The number of hydrogen-bond donors (Lipinski definition) is 2. The lowest BCUT2D eigenvalue weighted by Crippen LogP contribution is -2.50. The second-order valence-electron chi connectivity index (χ2n) is 10.8. The van der Waals surface area contributed by atoms with E-state index in [0.29, 0.717) is 23.8 Å². The van der Waals surface area contributed by atoms with Crippen molar-refractivity contribution >= 4 is 34.7 Å². The number of nitrogens with zero attached hydrogens (tertiary/aromatic N) is 3. The fourth-order valence-electron chi connectivity index (χ4n) is 5.92. The molecule has 2 aliphatic heterocycles. The highest BCUT2D eigenvalue weighted by Crippen LogP contribution is 2.36. The molecule has 3 atom stereocenters. The molecule has 0 saturated carbocycles. The SMILES string of the molecule is CN(C1CCN(Cc2ccc(Cl)cc2)CC1)[C@H]1CN(c2cc(F)c(Cl)cc2C(O)C(=O)c2ccccc2)C[C@@H]1O. The molecule has 2 saturated heterocycles. The zero-order chi connectivity index (χ0) is 28.4. The molecule has 2 N–H and O–H groups in total. The Morgan fingerprint density at radius 3 is 2.40 bits per heavy atom. The van der Waals surface area contributed by atoms with Gasteiger partial charge in [0.2, 0.25) is 0 Å². The van der Waals surface area contributed by atoms with Crippen LogP contribution in [0, 0.1) is 5.82 Å². The summed E-state index contributed by atoms with van der Waals surface area (Å²) in [5.41, 5.74) is 2.18. The molecular weight excluding hydrogens is 552 g/mol. The van der Waals surface area contributed by atoms with Gasteiger partial charge in [0.1, 0.15) is 11.9 Å². The number of aliphatic hydroxyl groups excluding tert-OH is 2. The number of anilines is 1. The van der Waals surface area contributed by atoms with Crippen LogP contribution in [0.2, 0.25) is 10.0 Å². The number of halogens is 3. The number of likely N-dealkylation sites (tertiary alicyclic amines) is 1. The summed E-state index contributed by atoms with van der Waals surface area (Å²) in [6.07, 6.45) is -0.253. The van der Waals surface area contributed by atoms with Gasteiger partial charge in [-0.1, -0.05) is 65.7 Å². The molecule has 0 aliphatic carbocycles. The molecule has 3 aromatic rings. The quantitative estimate of drug-likeness (QED) is 0.354. The van der Waals surface area contributed by atoms with E-state index >= 15 is 0 Å². The van der Waals surface area contributed by atoms with Crippen molar-refractivity contribution in [2.45, 2.75) is 43.7 Å². The summed E-state index contributed by atoms with van der Waals surface area (Å²) in [5.74, 6) is -1.14. The number of carbonyl (C=O) groups is 1. The van der Waals surface area contributed by atoms with Gasteiger partial charge in [-0.15, -0.1) is 0 Å². The fraction of sp³-hybridized carbons (Fsp3) is 0.387. The van der Waals surface area contributed by atoms with E-state index in [1.807, 2.05) is 24.1 Å². The molecule has 212 valence electrons. The normalized spacial score (nSPS) is 21.2. The highest BCUT2D eigenvalue weighted by atomic mass is 35.5. The van der Waals surface area contributed by atoms with Crippen molar-refractivity contribution in [3.63, 3.8) is 0 Å². The van der Waals surface area contributed by atoms with Crippen LogP contribution in [-0.2, 0) is 6.54 Å². The first kappa shape index (κ1) is 29.0. The van der Waals surface area contributed by atoms with Gasteiger partial charge in [0.15, 0.2) is 5.78 Å². The second kappa shape index (κ2) is 12.6. The second-order valence-corrected chi connectivity index (χ2v) is 11.6. The molecule has 9 heteroatoms. The van der Waals surface area contributed by atoms with E-state index in [4.69, 9.17) is 23.2 Å². The molecule has 0 aromatic heterocycles. The average molecular weight is 587 g/mol. The van der Waals surface area contributed by atoms with Crippen LogP contribution in [0.4, 0.5) is 10.1 Å². The standard InChI is InChI=1S/C31H34Cl2FN3O3/c1-35(23-11-13-36(14-12-23)17-20-7-9-22(32)10-8-20)28-18-37(19-29(28)38)27-16-26(34)25(33)15-24(27)31(40)30(39)21-5-3-2-4-6-21/h2-10,15-16,23,28-29,31,38,40H,11-14,17-19H2,1H3/t28-,29-,31?/m0/s1. The predicted octanol–water partition coefficient (Wildman–Crippen LogP) is 5.19. The van der Waals surface area contributed by atoms with E-state index in [2.05, 4.69) is 21.9 Å². The third-order valence-electron chi connectivity index (χ3n) is 8.25. The molecule has 3 aromatic carbocycles. The van der Waals surface area contributed by atoms with Gasteiger partial charge >= 0.3 is 0 Å². The minimum absolute atomic E-state index is 0.169. The van der Waals surface area contributed by atoms with Gasteiger partial charge in [0.25, 0.3) is 0 Å². The Labute approximate surface area is 244 Å². The van der Waals surface area contributed by atoms with Crippen LogP contribution in [0.15, 0.2) is 66.7 Å². The number of β-amino-alcohol motifs (C(OH)–C–C–N with tert-alkyl or cyclic N) is 1. The number of Topliss-reactive ketones (excluding diaryl/α,β-unsaturated/α-hetero) is 1. The van der Waals surface area contributed by atoms with Crippen LogP contribution in [0.25, 0.3) is 0 Å². The van der Waals surface area contributed by atoms with E-state index in [0.717, 1.165) is 37.5 Å². The highest BCUT2D eigenvalue weighted by Gasteiger charge is 2.39. The molecule has 2 fully saturated rings. The zero-order valence-corrected chi connectivity index (χ0v) is 23.9. The van der Waals surface area contributed by atoms with Crippen molar-refractivity contribution in [3.8, 4) is 0 Å². The Bertz CT molecular complexity index is 1320. The zero-order valence-electron chi connectivity index (χ0n) is 22.4. The van der Waals surface area contributed by atoms with Crippen molar-refractivity contribution in [1.82, 2.24) is 9.80 Å². The Balaban J connectivity index is 1.26. The lowest BCUT2D eigenvalue weighted by molar-refractivity contribution is 0.0449. The third-order valence-corrected chi connectivity index (χ3v) is 8.79. The number of hydrogen-bond acceptors (Lipinski definition) is 6. The van der Waals surface area contributed by atoms with Crippen molar-refractivity contribution < 1.29 is 19.4 Å². The van der Waals surface area contributed by atoms with E-state index in [1.54, 1.807) is 30.3 Å². The minimum atomic E-state index is -1.52. The van der Waals surface area contributed by atoms with Gasteiger partial charge in [-0.2, -0.15) is 0 Å². The number of likely N-dealkylation sites (N-methyl/N-ethyl adjacent to an activating group) is 1. The largest absolute Gasteiger partial charge is 0.390 e. The molecule has 0 bridgehead atoms. The number of rotatable bonds is 8. The first-order chi connectivity index (χ1) is 19.2. The maximum Gasteiger partial charge on any atom is 0.195 e. The van der Waals surface area contributed by atoms with Crippen LogP contribution in [0.5, 0.6) is 0 Å². The maximum absolute atomic E-state index is 14.6. The number of piperidine rings is 1. The Kier molecular flexibility index (Phi) is 9.10. The minimum Gasteiger partial charge on any atom is -0.390 e. The summed E-state index contributed by atoms with van der Waals surface area (Å²) in [6, 6.07) is 19.1. The van der Waals surface area contributed by atoms with Gasteiger partial charge in [-0.25, -0.2) is 4.39 Å². The molecular formula is C31H34Cl2FN3O3. The van der Waals surface area contributed by atoms with Crippen molar-refractivity contribution in [1.29, 1.82) is 0 Å². The van der Waals surface area contributed by atoms with Gasteiger partial charge in [0.05, 0.1) is 17.2 Å². The number of benzene rings is 3. The van der Waals surface area contributed by atoms with Crippen molar-refractivity contribution in [3.05, 3.63) is 99.3 Å². The highest BCUT2D eigenvalue weighted by molar-refractivity contribution is 6.31. The number of ketones is 1. The van der Waals surface area contributed by atoms with Crippen molar-refractivity contribution in [2.24, 2.45) is 0 Å². The lowest BCUT2D eigenvalue weighted by atomic mass is 9.98. The van der Waals surface area contributed by atoms with Gasteiger partial charge in [-0.05, 0) is 62.8 Å². The number of aliphatic hydroxyl groups is 2. The Morgan fingerprint density at radius 2 is 1.73 bits per heavy atom. The van der Waals surface area contributed by atoms with Crippen LogP contribution in [0.3, 0.4) is 0 Å².